The Labute approximate surface area is 93.5 Å². The van der Waals surface area contributed by atoms with Gasteiger partial charge in [-0.2, -0.15) is 5.10 Å². The molecule has 0 spiro atoms. The van der Waals surface area contributed by atoms with Gasteiger partial charge in [0.05, 0.1) is 6.61 Å². The minimum absolute atomic E-state index is 0.280. The topological polar surface area (TPSA) is 27.1 Å². The number of nitrogens with zero attached hydrogens (tertiary/aromatic N) is 2. The van der Waals surface area contributed by atoms with Crippen molar-refractivity contribution in [2.45, 2.75) is 6.42 Å². The molecule has 4 heteroatoms. The molecule has 2 rings (SSSR count). The minimum Gasteiger partial charge on any atom is -0.493 e. The molecule has 16 heavy (non-hydrogen) atoms. The van der Waals surface area contributed by atoms with Crippen LogP contribution in [-0.4, -0.2) is 16.4 Å². The molecule has 0 unspecified atom stereocenters. The molecule has 0 aliphatic rings. The van der Waals surface area contributed by atoms with E-state index in [9.17, 15) is 4.39 Å². The van der Waals surface area contributed by atoms with Gasteiger partial charge in [0.25, 0.3) is 0 Å². The molecular formula is C12H13FN2O. The summed E-state index contributed by atoms with van der Waals surface area (Å²) in [5.74, 6) is 0.278. The average molecular weight is 220 g/mol. The summed E-state index contributed by atoms with van der Waals surface area (Å²) < 4.78 is 20.1. The number of benzene rings is 1. The number of hydrogen-bond donors (Lipinski definition) is 0. The second-order valence-electron chi connectivity index (χ2n) is 3.50. The van der Waals surface area contributed by atoms with E-state index in [-0.39, 0.29) is 5.82 Å². The van der Waals surface area contributed by atoms with E-state index < -0.39 is 0 Å². The Kier molecular flexibility index (Phi) is 3.19. The average Bonchev–Trinajstić information content (AvgIpc) is 2.65. The maximum atomic E-state index is 12.8. The third kappa shape index (κ3) is 2.59. The Balaban J connectivity index is 1.87. The molecule has 3 nitrogen and oxygen atoms in total. The van der Waals surface area contributed by atoms with Gasteiger partial charge < -0.3 is 4.74 Å². The first-order valence-corrected chi connectivity index (χ1v) is 5.11. The zero-order valence-electron chi connectivity index (χ0n) is 9.06. The van der Waals surface area contributed by atoms with E-state index in [1.165, 1.54) is 12.1 Å². The van der Waals surface area contributed by atoms with Crippen LogP contribution in [0.1, 0.15) is 5.69 Å². The standard InChI is InChI=1S/C12H13FN2O/c1-15-11(5-7-14-15)6-8-16-12-4-2-3-10(13)9-12/h2-5,7,9H,6,8H2,1H3. The Bertz CT molecular complexity index is 468. The van der Waals surface area contributed by atoms with Gasteiger partial charge in [-0.15, -0.1) is 0 Å². The fraction of sp³-hybridized carbons (Fsp3) is 0.250. The molecule has 0 atom stereocenters. The van der Waals surface area contributed by atoms with Crippen LogP contribution < -0.4 is 4.74 Å². The molecule has 2 aromatic rings. The fourth-order valence-corrected chi connectivity index (χ4v) is 1.48. The number of halogens is 1. The fourth-order valence-electron chi connectivity index (χ4n) is 1.48. The van der Waals surface area contributed by atoms with Crippen LogP contribution in [0.4, 0.5) is 4.39 Å². The predicted octanol–water partition coefficient (Wildman–Crippen LogP) is 2.18. The van der Waals surface area contributed by atoms with Crippen LogP contribution in [0.2, 0.25) is 0 Å². The van der Waals surface area contributed by atoms with Crippen molar-refractivity contribution in [1.29, 1.82) is 0 Å². The number of hydrogen-bond acceptors (Lipinski definition) is 2. The van der Waals surface area contributed by atoms with E-state index in [1.54, 1.807) is 23.0 Å². The highest BCUT2D eigenvalue weighted by molar-refractivity contribution is 5.22. The lowest BCUT2D eigenvalue weighted by Gasteiger charge is -2.06. The lowest BCUT2D eigenvalue weighted by molar-refractivity contribution is 0.317. The molecule has 0 aliphatic carbocycles. The van der Waals surface area contributed by atoms with E-state index in [4.69, 9.17) is 4.74 Å². The van der Waals surface area contributed by atoms with Crippen molar-refractivity contribution in [3.63, 3.8) is 0 Å². The van der Waals surface area contributed by atoms with Crippen LogP contribution in [0.3, 0.4) is 0 Å². The normalized spacial score (nSPS) is 10.4. The van der Waals surface area contributed by atoms with Gasteiger partial charge in [0.15, 0.2) is 0 Å². The maximum absolute atomic E-state index is 12.8. The molecule has 0 bridgehead atoms. The van der Waals surface area contributed by atoms with E-state index in [0.29, 0.717) is 12.4 Å². The monoisotopic (exact) mass is 220 g/mol. The quantitative estimate of drug-likeness (QED) is 0.789. The summed E-state index contributed by atoms with van der Waals surface area (Å²) in [7, 11) is 1.89. The van der Waals surface area contributed by atoms with Crippen molar-refractivity contribution in [3.8, 4) is 5.75 Å². The van der Waals surface area contributed by atoms with Crippen molar-refractivity contribution in [3.05, 3.63) is 48.0 Å². The maximum Gasteiger partial charge on any atom is 0.126 e. The minimum atomic E-state index is -0.280. The first kappa shape index (κ1) is 10.7. The summed E-state index contributed by atoms with van der Waals surface area (Å²) >= 11 is 0. The van der Waals surface area contributed by atoms with Gasteiger partial charge in [-0.3, -0.25) is 4.68 Å². The van der Waals surface area contributed by atoms with Crippen LogP contribution >= 0.6 is 0 Å². The summed E-state index contributed by atoms with van der Waals surface area (Å²) in [6.07, 6.45) is 2.50. The molecule has 0 N–H and O–H groups in total. The first-order valence-electron chi connectivity index (χ1n) is 5.11. The lowest BCUT2D eigenvalue weighted by atomic mass is 10.3. The summed E-state index contributed by atoms with van der Waals surface area (Å²) in [5.41, 5.74) is 1.09. The molecule has 0 aliphatic heterocycles. The molecule has 84 valence electrons. The molecule has 1 aromatic carbocycles. The van der Waals surface area contributed by atoms with E-state index >= 15 is 0 Å². The SMILES string of the molecule is Cn1nccc1CCOc1cccc(F)c1. The van der Waals surface area contributed by atoms with Crippen molar-refractivity contribution in [2.75, 3.05) is 6.61 Å². The van der Waals surface area contributed by atoms with Gasteiger partial charge in [-0.25, -0.2) is 4.39 Å². The van der Waals surface area contributed by atoms with Crippen LogP contribution in [-0.2, 0) is 13.5 Å². The van der Waals surface area contributed by atoms with Crippen LogP contribution in [0.15, 0.2) is 36.5 Å². The molecule has 0 amide bonds. The van der Waals surface area contributed by atoms with Crippen molar-refractivity contribution >= 4 is 0 Å². The summed E-state index contributed by atoms with van der Waals surface area (Å²) in [5, 5.41) is 4.06. The van der Waals surface area contributed by atoms with Gasteiger partial charge in [0.1, 0.15) is 11.6 Å². The molecule has 0 radical (unpaired) electrons. The van der Waals surface area contributed by atoms with Gasteiger partial charge in [-0.1, -0.05) is 6.07 Å². The molecule has 0 saturated carbocycles. The first-order chi connectivity index (χ1) is 7.75. The van der Waals surface area contributed by atoms with Crippen molar-refractivity contribution < 1.29 is 9.13 Å². The third-order valence-electron chi connectivity index (χ3n) is 2.35. The summed E-state index contributed by atoms with van der Waals surface area (Å²) in [4.78, 5) is 0. The lowest BCUT2D eigenvalue weighted by Crippen LogP contribution is -2.05. The Hall–Kier alpha value is -1.84. The zero-order chi connectivity index (χ0) is 11.4. The second kappa shape index (κ2) is 4.79. The van der Waals surface area contributed by atoms with Gasteiger partial charge in [0, 0.05) is 31.4 Å². The summed E-state index contributed by atoms with van der Waals surface area (Å²) in [6, 6.07) is 8.09. The van der Waals surface area contributed by atoms with E-state index in [2.05, 4.69) is 5.10 Å². The van der Waals surface area contributed by atoms with E-state index in [0.717, 1.165) is 12.1 Å². The van der Waals surface area contributed by atoms with Gasteiger partial charge >= 0.3 is 0 Å². The number of aromatic nitrogens is 2. The van der Waals surface area contributed by atoms with Gasteiger partial charge in [-0.05, 0) is 18.2 Å². The van der Waals surface area contributed by atoms with Crippen molar-refractivity contribution in [2.24, 2.45) is 7.05 Å². The van der Waals surface area contributed by atoms with Crippen molar-refractivity contribution in [1.82, 2.24) is 9.78 Å². The van der Waals surface area contributed by atoms with Crippen LogP contribution in [0, 0.1) is 5.82 Å². The second-order valence-corrected chi connectivity index (χ2v) is 3.50. The molecular weight excluding hydrogens is 207 g/mol. The highest BCUT2D eigenvalue weighted by Crippen LogP contribution is 2.12. The highest BCUT2D eigenvalue weighted by atomic mass is 19.1. The van der Waals surface area contributed by atoms with E-state index in [1.807, 2.05) is 13.1 Å². The van der Waals surface area contributed by atoms with Crippen LogP contribution in [0.25, 0.3) is 0 Å². The number of aryl methyl sites for hydroxylation is 1. The largest absolute Gasteiger partial charge is 0.493 e. The third-order valence-corrected chi connectivity index (χ3v) is 2.35. The number of ether oxygens (including phenoxy) is 1. The number of rotatable bonds is 4. The molecule has 0 saturated heterocycles. The van der Waals surface area contributed by atoms with Crippen LogP contribution in [0.5, 0.6) is 5.75 Å². The zero-order valence-corrected chi connectivity index (χ0v) is 9.06. The molecule has 1 heterocycles. The Morgan fingerprint density at radius 3 is 2.94 bits per heavy atom. The Morgan fingerprint density at radius 2 is 2.25 bits per heavy atom. The highest BCUT2D eigenvalue weighted by Gasteiger charge is 2.00. The molecule has 0 fully saturated rings. The Morgan fingerprint density at radius 1 is 1.38 bits per heavy atom. The predicted molar refractivity (Wildman–Crippen MR) is 58.8 cm³/mol. The van der Waals surface area contributed by atoms with Gasteiger partial charge in [0.2, 0.25) is 0 Å². The molecule has 1 aromatic heterocycles. The smallest absolute Gasteiger partial charge is 0.126 e. The summed E-state index contributed by atoms with van der Waals surface area (Å²) in [6.45, 7) is 0.517.